The number of carbonyl (C=O) groups is 1. The summed E-state index contributed by atoms with van der Waals surface area (Å²) in [7, 11) is 1.50. The number of anilines is 3. The lowest BCUT2D eigenvalue weighted by Gasteiger charge is -2.16. The van der Waals surface area contributed by atoms with Crippen LogP contribution in [0, 0.1) is 20.8 Å². The Morgan fingerprint density at radius 1 is 1.10 bits per heavy atom. The first-order valence-electron chi connectivity index (χ1n) is 9.32. The summed E-state index contributed by atoms with van der Waals surface area (Å²) in [4.78, 5) is 29.7. The molecule has 0 unspecified atom stereocenters. The molecule has 1 amide bonds. The van der Waals surface area contributed by atoms with Crippen molar-refractivity contribution in [1.29, 1.82) is 0 Å². The molecular formula is C22H23ClN4O3. The number of halogens is 1. The summed E-state index contributed by atoms with van der Waals surface area (Å²) in [6.07, 6.45) is 0. The number of carbonyl (C=O) groups excluding carboxylic acids is 1. The lowest BCUT2D eigenvalue weighted by molar-refractivity contribution is -0.116. The smallest absolute Gasteiger partial charge is 0.255 e. The van der Waals surface area contributed by atoms with Crippen molar-refractivity contribution in [2.45, 2.75) is 27.3 Å². The molecular weight excluding hydrogens is 404 g/mol. The molecule has 30 heavy (non-hydrogen) atoms. The van der Waals surface area contributed by atoms with Crippen LogP contribution in [-0.2, 0) is 11.3 Å². The highest BCUT2D eigenvalue weighted by atomic mass is 35.5. The quantitative estimate of drug-likeness (QED) is 0.616. The predicted molar refractivity (Wildman–Crippen MR) is 119 cm³/mol. The van der Waals surface area contributed by atoms with Gasteiger partial charge in [-0.3, -0.25) is 14.2 Å². The van der Waals surface area contributed by atoms with Crippen molar-refractivity contribution in [3.63, 3.8) is 0 Å². The molecule has 0 aliphatic rings. The van der Waals surface area contributed by atoms with E-state index in [9.17, 15) is 9.59 Å². The molecule has 2 aromatic carbocycles. The third-order valence-electron chi connectivity index (χ3n) is 4.35. The van der Waals surface area contributed by atoms with E-state index < -0.39 is 5.91 Å². The Morgan fingerprint density at radius 2 is 1.80 bits per heavy atom. The number of nitrogens with one attached hydrogen (secondary N) is 2. The van der Waals surface area contributed by atoms with Crippen LogP contribution >= 0.6 is 11.6 Å². The van der Waals surface area contributed by atoms with E-state index in [0.29, 0.717) is 28.1 Å². The van der Waals surface area contributed by atoms with Crippen molar-refractivity contribution in [3.8, 4) is 5.75 Å². The predicted octanol–water partition coefficient (Wildman–Crippen LogP) is 4.21. The highest BCUT2D eigenvalue weighted by Crippen LogP contribution is 2.27. The Hall–Kier alpha value is -3.32. The first-order chi connectivity index (χ1) is 14.2. The summed E-state index contributed by atoms with van der Waals surface area (Å²) in [5.41, 5.74) is 3.58. The van der Waals surface area contributed by atoms with Gasteiger partial charge in [-0.1, -0.05) is 17.7 Å². The van der Waals surface area contributed by atoms with Crippen molar-refractivity contribution in [3.05, 3.63) is 74.7 Å². The summed E-state index contributed by atoms with van der Waals surface area (Å²) < 4.78 is 6.54. The highest BCUT2D eigenvalue weighted by Gasteiger charge is 2.14. The number of methoxy groups -OCH3 is 1. The van der Waals surface area contributed by atoms with Gasteiger partial charge < -0.3 is 15.4 Å². The maximum Gasteiger partial charge on any atom is 0.255 e. The molecule has 7 nitrogen and oxygen atoms in total. The minimum Gasteiger partial charge on any atom is -0.495 e. The second-order valence-corrected chi connectivity index (χ2v) is 7.48. The molecule has 0 saturated heterocycles. The molecule has 0 fully saturated rings. The molecule has 0 aliphatic carbocycles. The second kappa shape index (κ2) is 9.00. The maximum atomic E-state index is 12.7. The van der Waals surface area contributed by atoms with Gasteiger partial charge in [-0.2, -0.15) is 0 Å². The zero-order chi connectivity index (χ0) is 21.8. The van der Waals surface area contributed by atoms with Gasteiger partial charge in [0.2, 0.25) is 11.9 Å². The van der Waals surface area contributed by atoms with Crippen molar-refractivity contribution in [2.24, 2.45) is 0 Å². The fourth-order valence-corrected chi connectivity index (χ4v) is 3.33. The lowest BCUT2D eigenvalue weighted by atomic mass is 10.1. The van der Waals surface area contributed by atoms with Gasteiger partial charge >= 0.3 is 0 Å². The molecule has 0 radical (unpaired) electrons. The van der Waals surface area contributed by atoms with Gasteiger partial charge in [0.25, 0.3) is 5.56 Å². The zero-order valence-electron chi connectivity index (χ0n) is 17.2. The SMILES string of the molecule is COc1ccc(Cl)cc1NC(=O)Cn1c(Nc2cc(C)cc(C)c2)nc(C)cc1=O. The third-order valence-corrected chi connectivity index (χ3v) is 4.59. The molecule has 2 N–H and O–H groups in total. The number of hydrogen-bond acceptors (Lipinski definition) is 5. The number of benzene rings is 2. The topological polar surface area (TPSA) is 85.2 Å². The van der Waals surface area contributed by atoms with Crippen LogP contribution in [0.15, 0.2) is 47.3 Å². The van der Waals surface area contributed by atoms with E-state index in [2.05, 4.69) is 15.6 Å². The number of ether oxygens (including phenoxy) is 1. The first kappa shape index (κ1) is 21.4. The summed E-state index contributed by atoms with van der Waals surface area (Å²) >= 11 is 6.02. The van der Waals surface area contributed by atoms with Crippen LogP contribution in [0.3, 0.4) is 0 Å². The largest absolute Gasteiger partial charge is 0.495 e. The lowest BCUT2D eigenvalue weighted by Crippen LogP contribution is -2.30. The number of rotatable bonds is 6. The Morgan fingerprint density at radius 3 is 2.47 bits per heavy atom. The molecule has 3 rings (SSSR count). The zero-order valence-corrected chi connectivity index (χ0v) is 18.0. The normalized spacial score (nSPS) is 10.6. The molecule has 1 heterocycles. The monoisotopic (exact) mass is 426 g/mol. The Labute approximate surface area is 179 Å². The van der Waals surface area contributed by atoms with E-state index >= 15 is 0 Å². The molecule has 0 aliphatic heterocycles. The first-order valence-corrected chi connectivity index (χ1v) is 9.70. The average Bonchev–Trinajstić information content (AvgIpc) is 2.64. The number of nitrogens with zero attached hydrogens (tertiary/aromatic N) is 2. The number of aryl methyl sites for hydroxylation is 3. The van der Waals surface area contributed by atoms with Crippen molar-refractivity contribution >= 4 is 34.8 Å². The van der Waals surface area contributed by atoms with Crippen molar-refractivity contribution in [1.82, 2.24) is 9.55 Å². The van der Waals surface area contributed by atoms with E-state index in [-0.39, 0.29) is 12.1 Å². The van der Waals surface area contributed by atoms with Gasteiger partial charge in [-0.05, 0) is 62.2 Å². The van der Waals surface area contributed by atoms with E-state index in [4.69, 9.17) is 16.3 Å². The molecule has 0 atom stereocenters. The maximum absolute atomic E-state index is 12.7. The molecule has 1 aromatic heterocycles. The van der Waals surface area contributed by atoms with Crippen LogP contribution in [-0.4, -0.2) is 22.6 Å². The fraction of sp³-hybridized carbons (Fsp3) is 0.227. The Bertz CT molecular complexity index is 1140. The van der Waals surface area contributed by atoms with Crippen molar-refractivity contribution < 1.29 is 9.53 Å². The summed E-state index contributed by atoms with van der Waals surface area (Å²) in [6, 6.07) is 12.2. The molecule has 0 spiro atoms. The summed E-state index contributed by atoms with van der Waals surface area (Å²) in [5.74, 6) is 0.348. The Kier molecular flexibility index (Phi) is 6.42. The molecule has 8 heteroatoms. The van der Waals surface area contributed by atoms with Crippen LogP contribution < -0.4 is 20.9 Å². The minimum atomic E-state index is -0.410. The van der Waals surface area contributed by atoms with Gasteiger partial charge in [-0.15, -0.1) is 0 Å². The van der Waals surface area contributed by atoms with Gasteiger partial charge in [0.1, 0.15) is 12.3 Å². The summed E-state index contributed by atoms with van der Waals surface area (Å²) in [6.45, 7) is 5.48. The standard InChI is InChI=1S/C22H23ClN4O3/c1-13-7-14(2)9-17(8-13)25-22-24-15(3)10-21(29)27(22)12-20(28)26-18-11-16(23)5-6-19(18)30-4/h5-11H,12H2,1-4H3,(H,24,25)(H,26,28). The Balaban J connectivity index is 1.89. The molecule has 3 aromatic rings. The average molecular weight is 427 g/mol. The van der Waals surface area contributed by atoms with Gasteiger partial charge in [0, 0.05) is 22.5 Å². The fourth-order valence-electron chi connectivity index (χ4n) is 3.16. The second-order valence-electron chi connectivity index (χ2n) is 7.04. The number of amides is 1. The van der Waals surface area contributed by atoms with E-state index in [1.807, 2.05) is 32.0 Å². The van der Waals surface area contributed by atoms with E-state index in [0.717, 1.165) is 16.8 Å². The molecule has 156 valence electrons. The van der Waals surface area contributed by atoms with E-state index in [1.54, 1.807) is 25.1 Å². The minimum absolute atomic E-state index is 0.227. The van der Waals surface area contributed by atoms with Crippen LogP contribution in [0.5, 0.6) is 5.75 Å². The summed E-state index contributed by atoms with van der Waals surface area (Å²) in [5, 5.41) is 6.36. The number of hydrogen-bond donors (Lipinski definition) is 2. The van der Waals surface area contributed by atoms with Crippen molar-refractivity contribution in [2.75, 3.05) is 17.7 Å². The third kappa shape index (κ3) is 5.18. The van der Waals surface area contributed by atoms with Crippen LogP contribution in [0.4, 0.5) is 17.3 Å². The van der Waals surface area contributed by atoms with Gasteiger partial charge in [0.15, 0.2) is 0 Å². The molecule has 0 bridgehead atoms. The van der Waals surface area contributed by atoms with Crippen LogP contribution in [0.25, 0.3) is 0 Å². The van der Waals surface area contributed by atoms with E-state index in [1.165, 1.54) is 17.7 Å². The van der Waals surface area contributed by atoms with Gasteiger partial charge in [-0.25, -0.2) is 4.98 Å². The molecule has 0 saturated carbocycles. The highest BCUT2D eigenvalue weighted by molar-refractivity contribution is 6.31. The van der Waals surface area contributed by atoms with Crippen LogP contribution in [0.1, 0.15) is 16.8 Å². The van der Waals surface area contributed by atoms with Gasteiger partial charge in [0.05, 0.1) is 12.8 Å². The van der Waals surface area contributed by atoms with Crippen LogP contribution in [0.2, 0.25) is 5.02 Å². The number of aromatic nitrogens is 2.